The molecule has 0 bridgehead atoms. The molecule has 1 aliphatic rings. The van der Waals surface area contributed by atoms with Crippen molar-refractivity contribution in [1.82, 2.24) is 4.90 Å². The molecule has 1 aromatic carbocycles. The summed E-state index contributed by atoms with van der Waals surface area (Å²) in [4.78, 5) is 25.4. The van der Waals surface area contributed by atoms with Crippen molar-refractivity contribution in [3.05, 3.63) is 29.3 Å². The maximum Gasteiger partial charge on any atom is 0.327 e. The van der Waals surface area contributed by atoms with E-state index < -0.39 is 12.0 Å². The molecule has 4 nitrogen and oxygen atoms in total. The Morgan fingerprint density at radius 2 is 2.11 bits per heavy atom. The topological polar surface area (TPSA) is 57.6 Å². The molecule has 0 unspecified atom stereocenters. The molecule has 1 saturated heterocycles. The zero-order chi connectivity index (χ0) is 13.8. The van der Waals surface area contributed by atoms with Gasteiger partial charge in [0.2, 0.25) is 5.91 Å². The predicted octanol–water partition coefficient (Wildman–Crippen LogP) is 2.42. The molecule has 1 aliphatic heterocycles. The number of hydrogen-bond donors (Lipinski definition) is 1. The molecule has 19 heavy (non-hydrogen) atoms. The Hall–Kier alpha value is -0.850. The van der Waals surface area contributed by atoms with Crippen molar-refractivity contribution in [3.63, 3.8) is 0 Å². The highest BCUT2D eigenvalue weighted by atomic mass is 35.5. The third kappa shape index (κ3) is 3.81. The van der Waals surface area contributed by atoms with Crippen molar-refractivity contribution in [1.29, 1.82) is 0 Å². The quantitative estimate of drug-likeness (QED) is 0.864. The van der Waals surface area contributed by atoms with Crippen LogP contribution in [0.15, 0.2) is 29.2 Å². The first-order valence-corrected chi connectivity index (χ1v) is 8.08. The fraction of sp³-hybridized carbons (Fsp3) is 0.333. The molecule has 1 N–H and O–H groups in total. The van der Waals surface area contributed by atoms with Crippen LogP contribution in [0.25, 0.3) is 0 Å². The number of carboxylic acid groups (broad SMARTS) is 1. The van der Waals surface area contributed by atoms with Crippen LogP contribution in [0.5, 0.6) is 0 Å². The van der Waals surface area contributed by atoms with E-state index in [2.05, 4.69) is 0 Å². The molecule has 7 heteroatoms. The van der Waals surface area contributed by atoms with Crippen molar-refractivity contribution in [2.24, 2.45) is 0 Å². The van der Waals surface area contributed by atoms with Crippen LogP contribution < -0.4 is 0 Å². The maximum absolute atomic E-state index is 12.0. The highest BCUT2D eigenvalue weighted by Gasteiger charge is 2.34. The Labute approximate surface area is 124 Å². The first kappa shape index (κ1) is 14.6. The summed E-state index contributed by atoms with van der Waals surface area (Å²) in [6.07, 6.45) is 0. The van der Waals surface area contributed by atoms with Crippen LogP contribution in [0.4, 0.5) is 0 Å². The molecule has 0 saturated carbocycles. The minimum absolute atomic E-state index is 0.141. The lowest BCUT2D eigenvalue weighted by atomic mass is 10.3. The van der Waals surface area contributed by atoms with Gasteiger partial charge < -0.3 is 10.0 Å². The number of nitrogens with zero attached hydrogens (tertiary/aromatic N) is 1. The second-order valence-corrected chi connectivity index (χ2v) is 6.45. The minimum Gasteiger partial charge on any atom is -0.480 e. The van der Waals surface area contributed by atoms with E-state index in [1.807, 2.05) is 12.1 Å². The summed E-state index contributed by atoms with van der Waals surface area (Å²) in [5, 5.41) is 9.67. The molecule has 0 radical (unpaired) electrons. The van der Waals surface area contributed by atoms with Crippen LogP contribution in [0.1, 0.15) is 0 Å². The summed E-state index contributed by atoms with van der Waals surface area (Å²) in [6, 6.07) is 6.52. The van der Waals surface area contributed by atoms with E-state index in [1.54, 1.807) is 12.1 Å². The Balaban J connectivity index is 1.90. The molecule has 2 rings (SSSR count). The average Bonchev–Trinajstić information content (AvgIpc) is 2.87. The first-order valence-electron chi connectivity index (χ1n) is 5.56. The Morgan fingerprint density at radius 3 is 2.74 bits per heavy atom. The van der Waals surface area contributed by atoms with Gasteiger partial charge in [0.1, 0.15) is 6.04 Å². The highest BCUT2D eigenvalue weighted by Crippen LogP contribution is 2.25. The lowest BCUT2D eigenvalue weighted by Gasteiger charge is -2.20. The molecule has 0 aromatic heterocycles. The van der Waals surface area contributed by atoms with Crippen LogP contribution >= 0.6 is 35.1 Å². The number of thioether (sulfide) groups is 2. The first-order chi connectivity index (χ1) is 9.08. The largest absolute Gasteiger partial charge is 0.480 e. The number of benzene rings is 1. The zero-order valence-electron chi connectivity index (χ0n) is 9.91. The predicted molar refractivity (Wildman–Crippen MR) is 77.8 cm³/mol. The van der Waals surface area contributed by atoms with Gasteiger partial charge in [0.25, 0.3) is 0 Å². The molecule has 1 fully saturated rings. The van der Waals surface area contributed by atoms with Gasteiger partial charge >= 0.3 is 5.97 Å². The van der Waals surface area contributed by atoms with Crippen molar-refractivity contribution in [3.8, 4) is 0 Å². The second kappa shape index (κ2) is 6.54. The van der Waals surface area contributed by atoms with E-state index in [-0.39, 0.29) is 11.7 Å². The summed E-state index contributed by atoms with van der Waals surface area (Å²) >= 11 is 8.63. The van der Waals surface area contributed by atoms with Crippen LogP contribution in [0.2, 0.25) is 5.02 Å². The van der Waals surface area contributed by atoms with E-state index in [1.165, 1.54) is 28.4 Å². The van der Waals surface area contributed by atoms with Gasteiger partial charge in [-0.2, -0.15) is 0 Å². The lowest BCUT2D eigenvalue weighted by molar-refractivity contribution is -0.146. The number of carbonyl (C=O) groups is 2. The van der Waals surface area contributed by atoms with E-state index in [9.17, 15) is 9.59 Å². The smallest absolute Gasteiger partial charge is 0.327 e. The SMILES string of the molecule is O=C(O)[C@@H]1CSCN1C(=O)CSc1ccc(Cl)cc1. The number of carbonyl (C=O) groups excluding carboxylic acids is 1. The summed E-state index contributed by atoms with van der Waals surface area (Å²) < 4.78 is 0. The Bertz CT molecular complexity index is 480. The van der Waals surface area contributed by atoms with Gasteiger partial charge in [-0.1, -0.05) is 11.6 Å². The fourth-order valence-corrected chi connectivity index (χ4v) is 3.73. The fourth-order valence-electron chi connectivity index (χ4n) is 1.65. The monoisotopic (exact) mass is 317 g/mol. The molecule has 0 spiro atoms. The minimum atomic E-state index is -0.935. The molecule has 1 aromatic rings. The number of hydrogen-bond acceptors (Lipinski definition) is 4. The van der Waals surface area contributed by atoms with E-state index in [0.717, 1.165) is 4.90 Å². The van der Waals surface area contributed by atoms with Crippen LogP contribution in [0.3, 0.4) is 0 Å². The van der Waals surface area contributed by atoms with Gasteiger partial charge in [0.15, 0.2) is 0 Å². The molecular weight excluding hydrogens is 306 g/mol. The van der Waals surface area contributed by atoms with Gasteiger partial charge in [-0.05, 0) is 24.3 Å². The maximum atomic E-state index is 12.0. The number of carboxylic acids is 1. The van der Waals surface area contributed by atoms with Crippen molar-refractivity contribution < 1.29 is 14.7 Å². The number of halogens is 1. The summed E-state index contributed by atoms with van der Waals surface area (Å²) in [5.41, 5.74) is 0. The Kier molecular flexibility index (Phi) is 5.01. The van der Waals surface area contributed by atoms with Crippen LogP contribution in [-0.2, 0) is 9.59 Å². The van der Waals surface area contributed by atoms with Gasteiger partial charge in [-0.25, -0.2) is 4.79 Å². The summed E-state index contributed by atoms with van der Waals surface area (Å²) in [5.74, 6) is 0.0857. The van der Waals surface area contributed by atoms with E-state index >= 15 is 0 Å². The van der Waals surface area contributed by atoms with Crippen molar-refractivity contribution in [2.45, 2.75) is 10.9 Å². The van der Waals surface area contributed by atoms with E-state index in [4.69, 9.17) is 16.7 Å². The molecule has 1 heterocycles. The van der Waals surface area contributed by atoms with E-state index in [0.29, 0.717) is 16.7 Å². The molecule has 1 atom stereocenters. The summed E-state index contributed by atoms with van der Waals surface area (Å²) in [6.45, 7) is 0. The van der Waals surface area contributed by atoms with Gasteiger partial charge in [-0.15, -0.1) is 23.5 Å². The molecule has 0 aliphatic carbocycles. The van der Waals surface area contributed by atoms with Crippen molar-refractivity contribution >= 4 is 47.0 Å². The number of amides is 1. The highest BCUT2D eigenvalue weighted by molar-refractivity contribution is 8.00. The summed E-state index contributed by atoms with van der Waals surface area (Å²) in [7, 11) is 0. The average molecular weight is 318 g/mol. The number of rotatable bonds is 4. The van der Waals surface area contributed by atoms with Crippen LogP contribution in [-0.4, -0.2) is 45.3 Å². The zero-order valence-corrected chi connectivity index (χ0v) is 12.3. The third-order valence-corrected chi connectivity index (χ3v) is 4.92. The normalized spacial score (nSPS) is 18.6. The second-order valence-electron chi connectivity index (χ2n) is 3.96. The van der Waals surface area contributed by atoms with Crippen molar-refractivity contribution in [2.75, 3.05) is 17.4 Å². The molecule has 102 valence electrons. The van der Waals surface area contributed by atoms with Gasteiger partial charge in [-0.3, -0.25) is 4.79 Å². The molecular formula is C12H12ClNO3S2. The molecule has 1 amide bonds. The van der Waals surface area contributed by atoms with Gasteiger partial charge in [0.05, 0.1) is 11.6 Å². The van der Waals surface area contributed by atoms with Gasteiger partial charge in [0, 0.05) is 15.7 Å². The Morgan fingerprint density at radius 1 is 1.42 bits per heavy atom. The lowest BCUT2D eigenvalue weighted by Crippen LogP contribution is -2.42. The van der Waals surface area contributed by atoms with Crippen LogP contribution in [0, 0.1) is 0 Å². The number of aliphatic carboxylic acids is 1. The third-order valence-electron chi connectivity index (χ3n) is 2.66. The standard InChI is InChI=1S/C12H12ClNO3S2/c13-8-1-3-9(4-2-8)19-6-11(15)14-7-18-5-10(14)12(16)17/h1-4,10H,5-7H2,(H,16,17)/t10-/m0/s1.